The smallest absolute Gasteiger partial charge is 0.251 e. The molecule has 1 aromatic rings. The molecule has 4 nitrogen and oxygen atoms in total. The van der Waals surface area contributed by atoms with Crippen molar-refractivity contribution in [1.29, 1.82) is 0 Å². The molecule has 2 rings (SSSR count). The molecule has 4 heteroatoms. The first-order valence-electron chi connectivity index (χ1n) is 9.02. The number of pyridine rings is 1. The number of nitrogens with one attached hydrogen (secondary N) is 1. The van der Waals surface area contributed by atoms with E-state index in [1.54, 1.807) is 12.3 Å². The highest BCUT2D eigenvalue weighted by Gasteiger charge is 2.17. The topological polar surface area (TPSA) is 51.2 Å². The van der Waals surface area contributed by atoms with Gasteiger partial charge >= 0.3 is 0 Å². The van der Waals surface area contributed by atoms with Gasteiger partial charge in [-0.1, -0.05) is 33.1 Å². The molecule has 1 aliphatic rings. The van der Waals surface area contributed by atoms with Gasteiger partial charge in [-0.3, -0.25) is 9.78 Å². The SMILES string of the molecule is CCCOCC(C)Cc1cc(C(=O)NC2CCCCC2)ccn1. The lowest BCUT2D eigenvalue weighted by Crippen LogP contribution is -2.36. The summed E-state index contributed by atoms with van der Waals surface area (Å²) in [4.78, 5) is 16.8. The molecule has 1 heterocycles. The van der Waals surface area contributed by atoms with Crippen molar-refractivity contribution in [2.45, 2.75) is 64.8 Å². The Balaban J connectivity index is 1.86. The summed E-state index contributed by atoms with van der Waals surface area (Å²) in [5.41, 5.74) is 1.69. The normalized spacial score (nSPS) is 17.0. The molecular formula is C19H30N2O2. The second-order valence-corrected chi connectivity index (χ2v) is 6.73. The molecule has 0 aliphatic heterocycles. The third kappa shape index (κ3) is 6.30. The van der Waals surface area contributed by atoms with E-state index in [1.807, 2.05) is 6.07 Å². The number of hydrogen-bond donors (Lipinski definition) is 1. The Labute approximate surface area is 140 Å². The molecule has 1 unspecified atom stereocenters. The molecule has 0 spiro atoms. The Kier molecular flexibility index (Phi) is 7.53. The summed E-state index contributed by atoms with van der Waals surface area (Å²) in [5, 5.41) is 3.17. The van der Waals surface area contributed by atoms with Crippen LogP contribution in [0.2, 0.25) is 0 Å². The van der Waals surface area contributed by atoms with Crippen LogP contribution in [-0.4, -0.2) is 30.1 Å². The Bertz CT molecular complexity index is 484. The molecule has 0 radical (unpaired) electrons. The van der Waals surface area contributed by atoms with Crippen LogP contribution in [0.3, 0.4) is 0 Å². The maximum Gasteiger partial charge on any atom is 0.251 e. The highest BCUT2D eigenvalue weighted by molar-refractivity contribution is 5.94. The van der Waals surface area contributed by atoms with Gasteiger partial charge in [-0.25, -0.2) is 0 Å². The summed E-state index contributed by atoms with van der Waals surface area (Å²) in [6.45, 7) is 5.82. The predicted octanol–water partition coefficient (Wildman–Crippen LogP) is 3.75. The monoisotopic (exact) mass is 318 g/mol. The number of aromatic nitrogens is 1. The van der Waals surface area contributed by atoms with Crippen molar-refractivity contribution in [2.75, 3.05) is 13.2 Å². The van der Waals surface area contributed by atoms with E-state index in [0.717, 1.165) is 50.2 Å². The molecule has 1 N–H and O–H groups in total. The molecule has 128 valence electrons. The first-order valence-corrected chi connectivity index (χ1v) is 9.02. The average Bonchev–Trinajstić information content (AvgIpc) is 2.56. The van der Waals surface area contributed by atoms with Crippen molar-refractivity contribution in [3.8, 4) is 0 Å². The van der Waals surface area contributed by atoms with E-state index in [4.69, 9.17) is 4.74 Å². The largest absolute Gasteiger partial charge is 0.381 e. The highest BCUT2D eigenvalue weighted by atomic mass is 16.5. The van der Waals surface area contributed by atoms with Crippen LogP contribution in [0.5, 0.6) is 0 Å². The van der Waals surface area contributed by atoms with Crippen molar-refractivity contribution in [2.24, 2.45) is 5.92 Å². The number of carbonyl (C=O) groups excluding carboxylic acids is 1. The van der Waals surface area contributed by atoms with E-state index < -0.39 is 0 Å². The minimum Gasteiger partial charge on any atom is -0.381 e. The first kappa shape index (κ1) is 17.9. The lowest BCUT2D eigenvalue weighted by Gasteiger charge is -2.22. The molecule has 23 heavy (non-hydrogen) atoms. The van der Waals surface area contributed by atoms with Gasteiger partial charge in [0.25, 0.3) is 5.91 Å². The van der Waals surface area contributed by atoms with E-state index in [9.17, 15) is 4.79 Å². The quantitative estimate of drug-likeness (QED) is 0.743. The fourth-order valence-electron chi connectivity index (χ4n) is 3.09. The number of amides is 1. The summed E-state index contributed by atoms with van der Waals surface area (Å²) < 4.78 is 5.59. The molecule has 1 saturated carbocycles. The zero-order chi connectivity index (χ0) is 16.5. The van der Waals surface area contributed by atoms with Crippen molar-refractivity contribution >= 4 is 5.91 Å². The van der Waals surface area contributed by atoms with E-state index in [1.165, 1.54) is 19.3 Å². The van der Waals surface area contributed by atoms with Crippen LogP contribution in [0.25, 0.3) is 0 Å². The van der Waals surface area contributed by atoms with Crippen LogP contribution in [0, 0.1) is 5.92 Å². The van der Waals surface area contributed by atoms with Gasteiger partial charge in [-0.05, 0) is 43.7 Å². The van der Waals surface area contributed by atoms with Gasteiger partial charge in [-0.2, -0.15) is 0 Å². The Hall–Kier alpha value is -1.42. The highest BCUT2D eigenvalue weighted by Crippen LogP contribution is 2.18. The molecular weight excluding hydrogens is 288 g/mol. The Morgan fingerprint density at radius 1 is 1.39 bits per heavy atom. The molecule has 1 aromatic heterocycles. The number of ether oxygens (including phenoxy) is 1. The van der Waals surface area contributed by atoms with Crippen LogP contribution in [0.1, 0.15) is 68.4 Å². The van der Waals surface area contributed by atoms with E-state index >= 15 is 0 Å². The summed E-state index contributed by atoms with van der Waals surface area (Å²) in [7, 11) is 0. The van der Waals surface area contributed by atoms with Crippen LogP contribution in [0.15, 0.2) is 18.3 Å². The zero-order valence-corrected chi connectivity index (χ0v) is 14.5. The third-order valence-electron chi connectivity index (χ3n) is 4.33. The third-order valence-corrected chi connectivity index (χ3v) is 4.33. The van der Waals surface area contributed by atoms with Crippen LogP contribution in [-0.2, 0) is 11.2 Å². The second-order valence-electron chi connectivity index (χ2n) is 6.73. The number of nitrogens with zero attached hydrogens (tertiary/aromatic N) is 1. The van der Waals surface area contributed by atoms with Gasteiger partial charge in [0.05, 0.1) is 0 Å². The number of hydrogen-bond acceptors (Lipinski definition) is 3. The summed E-state index contributed by atoms with van der Waals surface area (Å²) in [6.07, 6.45) is 9.58. The van der Waals surface area contributed by atoms with Gasteiger partial charge in [0, 0.05) is 36.7 Å². The van der Waals surface area contributed by atoms with E-state index in [0.29, 0.717) is 12.0 Å². The molecule has 1 amide bonds. The van der Waals surface area contributed by atoms with Gasteiger partial charge in [0.1, 0.15) is 0 Å². The van der Waals surface area contributed by atoms with Crippen molar-refractivity contribution in [3.63, 3.8) is 0 Å². The van der Waals surface area contributed by atoms with E-state index in [2.05, 4.69) is 24.1 Å². The van der Waals surface area contributed by atoms with Crippen molar-refractivity contribution in [1.82, 2.24) is 10.3 Å². The summed E-state index contributed by atoms with van der Waals surface area (Å²) >= 11 is 0. The van der Waals surface area contributed by atoms with Gasteiger partial charge in [0.2, 0.25) is 0 Å². The summed E-state index contributed by atoms with van der Waals surface area (Å²) in [5.74, 6) is 0.446. The molecule has 1 aliphatic carbocycles. The van der Waals surface area contributed by atoms with Crippen LogP contribution < -0.4 is 5.32 Å². The lowest BCUT2D eigenvalue weighted by molar-refractivity contribution is 0.0927. The van der Waals surface area contributed by atoms with Crippen LogP contribution in [0.4, 0.5) is 0 Å². The standard InChI is InChI=1S/C19H30N2O2/c1-3-11-23-14-15(2)12-18-13-16(9-10-20-18)19(22)21-17-7-5-4-6-8-17/h9-10,13,15,17H,3-8,11-12,14H2,1-2H3,(H,21,22). The predicted molar refractivity (Wildman–Crippen MR) is 92.6 cm³/mol. The average molecular weight is 318 g/mol. The van der Waals surface area contributed by atoms with Gasteiger partial charge in [0.15, 0.2) is 0 Å². The molecule has 0 aromatic carbocycles. The molecule has 0 bridgehead atoms. The van der Waals surface area contributed by atoms with E-state index in [-0.39, 0.29) is 5.91 Å². The van der Waals surface area contributed by atoms with Crippen molar-refractivity contribution < 1.29 is 9.53 Å². The minimum atomic E-state index is 0.0374. The Morgan fingerprint density at radius 3 is 2.91 bits per heavy atom. The van der Waals surface area contributed by atoms with Gasteiger partial charge in [-0.15, -0.1) is 0 Å². The van der Waals surface area contributed by atoms with Crippen LogP contribution >= 0.6 is 0 Å². The maximum absolute atomic E-state index is 12.4. The van der Waals surface area contributed by atoms with Crippen molar-refractivity contribution in [3.05, 3.63) is 29.6 Å². The Morgan fingerprint density at radius 2 is 2.17 bits per heavy atom. The first-order chi connectivity index (χ1) is 11.2. The fourth-order valence-corrected chi connectivity index (χ4v) is 3.09. The zero-order valence-electron chi connectivity index (χ0n) is 14.5. The van der Waals surface area contributed by atoms with Gasteiger partial charge < -0.3 is 10.1 Å². The summed E-state index contributed by atoms with van der Waals surface area (Å²) in [6, 6.07) is 4.07. The fraction of sp³-hybridized carbons (Fsp3) is 0.684. The molecule has 1 fully saturated rings. The molecule has 1 atom stereocenters. The number of rotatable bonds is 8. The molecule has 0 saturated heterocycles. The maximum atomic E-state index is 12.4. The number of carbonyl (C=O) groups is 1. The second kappa shape index (κ2) is 9.66. The lowest BCUT2D eigenvalue weighted by atomic mass is 9.95. The minimum absolute atomic E-state index is 0.0374.